The standard InChI is InChI=1S/C20H26N2O4S/c1-25-15-10-14(11-16(12-15)26-2)13-27-19-17-6-3-4-7-18(17)22(8-5-9-23)20(24)21-19/h10-12,23H,3-9,13H2,1-2H3. The van der Waals surface area contributed by atoms with Gasteiger partial charge in [0.15, 0.2) is 0 Å². The van der Waals surface area contributed by atoms with Crippen LogP contribution >= 0.6 is 11.8 Å². The molecule has 1 aliphatic rings. The molecule has 7 heteroatoms. The summed E-state index contributed by atoms with van der Waals surface area (Å²) >= 11 is 1.59. The van der Waals surface area contributed by atoms with Crippen LogP contribution in [0.4, 0.5) is 0 Å². The summed E-state index contributed by atoms with van der Waals surface area (Å²) in [6.07, 6.45) is 4.63. The van der Waals surface area contributed by atoms with Gasteiger partial charge in [0, 0.05) is 36.2 Å². The summed E-state index contributed by atoms with van der Waals surface area (Å²) in [7, 11) is 3.27. The zero-order valence-electron chi connectivity index (χ0n) is 15.9. The predicted octanol–water partition coefficient (Wildman–Crippen LogP) is 2.81. The smallest absolute Gasteiger partial charge is 0.348 e. The lowest BCUT2D eigenvalue weighted by Gasteiger charge is -2.22. The highest BCUT2D eigenvalue weighted by atomic mass is 32.2. The Hall–Kier alpha value is -1.99. The summed E-state index contributed by atoms with van der Waals surface area (Å²) in [6, 6.07) is 5.80. The van der Waals surface area contributed by atoms with Crippen LogP contribution in [-0.4, -0.2) is 35.5 Å². The molecular formula is C20H26N2O4S. The number of hydrogen-bond donors (Lipinski definition) is 1. The molecule has 0 aliphatic heterocycles. The Kier molecular flexibility index (Phi) is 6.79. The van der Waals surface area contributed by atoms with Gasteiger partial charge in [0.2, 0.25) is 0 Å². The molecule has 2 aromatic rings. The molecule has 0 saturated carbocycles. The fourth-order valence-corrected chi connectivity index (χ4v) is 4.43. The third-order valence-electron chi connectivity index (χ3n) is 4.78. The van der Waals surface area contributed by atoms with E-state index in [9.17, 15) is 4.79 Å². The van der Waals surface area contributed by atoms with Crippen molar-refractivity contribution in [3.63, 3.8) is 0 Å². The van der Waals surface area contributed by atoms with Crippen LogP contribution in [0.3, 0.4) is 0 Å². The molecule has 0 radical (unpaired) electrons. The van der Waals surface area contributed by atoms with Crippen molar-refractivity contribution in [2.24, 2.45) is 0 Å². The first-order chi connectivity index (χ1) is 13.2. The summed E-state index contributed by atoms with van der Waals surface area (Å²) < 4.78 is 12.4. The highest BCUT2D eigenvalue weighted by Gasteiger charge is 2.20. The van der Waals surface area contributed by atoms with E-state index < -0.39 is 0 Å². The van der Waals surface area contributed by atoms with E-state index in [0.717, 1.165) is 53.5 Å². The average molecular weight is 391 g/mol. The lowest BCUT2D eigenvalue weighted by molar-refractivity contribution is 0.277. The van der Waals surface area contributed by atoms with Crippen LogP contribution in [-0.2, 0) is 25.1 Å². The van der Waals surface area contributed by atoms with Crippen molar-refractivity contribution in [3.8, 4) is 11.5 Å². The zero-order valence-corrected chi connectivity index (χ0v) is 16.7. The van der Waals surface area contributed by atoms with Gasteiger partial charge in [0.05, 0.1) is 14.2 Å². The molecule has 1 aromatic heterocycles. The minimum absolute atomic E-state index is 0.0788. The van der Waals surface area contributed by atoms with E-state index >= 15 is 0 Å². The van der Waals surface area contributed by atoms with Gasteiger partial charge in [-0.25, -0.2) is 4.79 Å². The predicted molar refractivity (Wildman–Crippen MR) is 106 cm³/mol. The quantitative estimate of drug-likeness (QED) is 0.552. The fraction of sp³-hybridized carbons (Fsp3) is 0.500. The number of aliphatic hydroxyl groups excluding tert-OH is 1. The highest BCUT2D eigenvalue weighted by Crippen LogP contribution is 2.32. The lowest BCUT2D eigenvalue weighted by Crippen LogP contribution is -2.30. The topological polar surface area (TPSA) is 73.6 Å². The second kappa shape index (κ2) is 9.28. The molecule has 0 amide bonds. The van der Waals surface area contributed by atoms with Crippen molar-refractivity contribution >= 4 is 11.8 Å². The molecule has 0 saturated heterocycles. The van der Waals surface area contributed by atoms with Crippen LogP contribution in [0.15, 0.2) is 28.0 Å². The van der Waals surface area contributed by atoms with Crippen molar-refractivity contribution in [1.29, 1.82) is 0 Å². The highest BCUT2D eigenvalue weighted by molar-refractivity contribution is 7.98. The van der Waals surface area contributed by atoms with Crippen LogP contribution in [0.25, 0.3) is 0 Å². The first kappa shape index (κ1) is 19.8. The molecule has 146 valence electrons. The third-order valence-corrected chi connectivity index (χ3v) is 5.87. The molecule has 0 spiro atoms. The number of aromatic nitrogens is 2. The molecule has 3 rings (SSSR count). The molecule has 1 aromatic carbocycles. The van der Waals surface area contributed by atoms with Crippen LogP contribution < -0.4 is 15.2 Å². The van der Waals surface area contributed by atoms with Crippen molar-refractivity contribution in [1.82, 2.24) is 9.55 Å². The average Bonchev–Trinajstić information content (AvgIpc) is 2.71. The molecule has 0 unspecified atom stereocenters. The van der Waals surface area contributed by atoms with E-state index in [2.05, 4.69) is 4.98 Å². The summed E-state index contributed by atoms with van der Waals surface area (Å²) in [4.78, 5) is 16.9. The van der Waals surface area contributed by atoms with E-state index in [1.165, 1.54) is 5.56 Å². The number of rotatable bonds is 8. The monoisotopic (exact) mass is 390 g/mol. The number of benzene rings is 1. The third kappa shape index (κ3) is 4.65. The summed E-state index contributed by atoms with van der Waals surface area (Å²) in [5.74, 6) is 2.19. The SMILES string of the molecule is COc1cc(CSc2nc(=O)n(CCCO)c3c2CCCC3)cc(OC)c1. The Morgan fingerprint density at radius 3 is 2.52 bits per heavy atom. The number of nitrogens with zero attached hydrogens (tertiary/aromatic N) is 2. The number of aliphatic hydroxyl groups is 1. The summed E-state index contributed by atoms with van der Waals surface area (Å²) in [5, 5.41) is 9.94. The Morgan fingerprint density at radius 2 is 1.85 bits per heavy atom. The Morgan fingerprint density at radius 1 is 1.15 bits per heavy atom. The maximum atomic E-state index is 12.5. The zero-order chi connectivity index (χ0) is 19.2. The minimum atomic E-state index is -0.213. The summed E-state index contributed by atoms with van der Waals surface area (Å²) in [6.45, 7) is 0.609. The van der Waals surface area contributed by atoms with Crippen LogP contribution in [0, 0.1) is 0 Å². The van der Waals surface area contributed by atoms with E-state index in [4.69, 9.17) is 14.6 Å². The van der Waals surface area contributed by atoms with Crippen LogP contribution in [0.1, 0.15) is 36.1 Å². The molecule has 1 N–H and O–H groups in total. The number of methoxy groups -OCH3 is 2. The minimum Gasteiger partial charge on any atom is -0.497 e. The van der Waals surface area contributed by atoms with Gasteiger partial charge in [0.1, 0.15) is 16.5 Å². The number of thioether (sulfide) groups is 1. The largest absolute Gasteiger partial charge is 0.497 e. The number of fused-ring (bicyclic) bond motifs is 1. The van der Waals surface area contributed by atoms with Gasteiger partial charge in [-0.2, -0.15) is 4.98 Å². The van der Waals surface area contributed by atoms with Crippen LogP contribution in [0.2, 0.25) is 0 Å². The molecule has 0 bridgehead atoms. The van der Waals surface area contributed by atoms with Crippen molar-refractivity contribution in [2.45, 2.75) is 49.4 Å². The van der Waals surface area contributed by atoms with E-state index in [1.807, 2.05) is 18.2 Å². The van der Waals surface area contributed by atoms with Gasteiger partial charge in [-0.1, -0.05) is 0 Å². The van der Waals surface area contributed by atoms with Crippen molar-refractivity contribution in [2.75, 3.05) is 20.8 Å². The second-order valence-corrected chi connectivity index (χ2v) is 7.53. The Balaban J connectivity index is 1.87. The van der Waals surface area contributed by atoms with E-state index in [1.54, 1.807) is 30.5 Å². The summed E-state index contributed by atoms with van der Waals surface area (Å²) in [5.41, 5.74) is 3.14. The van der Waals surface area contributed by atoms with Gasteiger partial charge in [0.25, 0.3) is 0 Å². The normalized spacial score (nSPS) is 13.3. The van der Waals surface area contributed by atoms with Gasteiger partial charge < -0.3 is 14.6 Å². The molecule has 1 aliphatic carbocycles. The molecule has 0 fully saturated rings. The fourth-order valence-electron chi connectivity index (χ4n) is 3.43. The van der Waals surface area contributed by atoms with Gasteiger partial charge in [-0.15, -0.1) is 11.8 Å². The van der Waals surface area contributed by atoms with E-state index in [0.29, 0.717) is 18.7 Å². The van der Waals surface area contributed by atoms with Crippen LogP contribution in [0.5, 0.6) is 11.5 Å². The Labute approximate surface area is 163 Å². The number of hydrogen-bond acceptors (Lipinski definition) is 6. The Bertz CT molecular complexity index is 828. The van der Waals surface area contributed by atoms with Gasteiger partial charge in [-0.05, 0) is 49.8 Å². The van der Waals surface area contributed by atoms with E-state index in [-0.39, 0.29) is 12.3 Å². The molecule has 0 atom stereocenters. The molecular weight excluding hydrogens is 364 g/mol. The van der Waals surface area contributed by atoms with Crippen molar-refractivity contribution < 1.29 is 14.6 Å². The maximum Gasteiger partial charge on any atom is 0.348 e. The first-order valence-corrected chi connectivity index (χ1v) is 10.2. The molecule has 6 nitrogen and oxygen atoms in total. The second-order valence-electron chi connectivity index (χ2n) is 6.57. The van der Waals surface area contributed by atoms with Crippen molar-refractivity contribution in [3.05, 3.63) is 45.5 Å². The van der Waals surface area contributed by atoms with Gasteiger partial charge >= 0.3 is 5.69 Å². The molecule has 27 heavy (non-hydrogen) atoms. The lowest BCUT2D eigenvalue weighted by atomic mass is 9.97. The maximum absolute atomic E-state index is 12.5. The first-order valence-electron chi connectivity index (χ1n) is 9.24. The number of ether oxygens (including phenoxy) is 2. The van der Waals surface area contributed by atoms with Gasteiger partial charge in [-0.3, -0.25) is 4.57 Å². The molecule has 1 heterocycles.